The number of hydrogen-bond donors (Lipinski definition) is 2. The molecule has 1 radical (unpaired) electrons. The van der Waals surface area contributed by atoms with E-state index in [1.165, 1.54) is 40.1 Å². The van der Waals surface area contributed by atoms with E-state index in [0.29, 0.717) is 5.69 Å². The normalized spacial score (nSPS) is 14.2. The average molecular weight is 483 g/mol. The minimum Gasteiger partial charge on any atom is -0.355 e. The second kappa shape index (κ2) is 10.6. The molecule has 1 aromatic heterocycles. The molecule has 0 spiro atoms. The smallest absolute Gasteiger partial charge is 0.326 e. The summed E-state index contributed by atoms with van der Waals surface area (Å²) in [5.41, 5.74) is 6.42. The number of hydrogen-bond acceptors (Lipinski definition) is 5. The van der Waals surface area contributed by atoms with Gasteiger partial charge < -0.3 is 5.32 Å². The summed E-state index contributed by atoms with van der Waals surface area (Å²) >= 11 is 0. The van der Waals surface area contributed by atoms with Crippen molar-refractivity contribution in [3.05, 3.63) is 46.3 Å². The van der Waals surface area contributed by atoms with Crippen molar-refractivity contribution in [2.24, 2.45) is 7.05 Å². The van der Waals surface area contributed by atoms with Gasteiger partial charge in [-0.2, -0.15) is 13.5 Å². The number of nitrogens with one attached hydrogen (secondary N) is 2. The number of amides is 2. The topological polar surface area (TPSA) is 113 Å². The summed E-state index contributed by atoms with van der Waals surface area (Å²) in [5.74, 6) is -0.808. The number of aryl methyl sites for hydroxylation is 3. The zero-order valence-electron chi connectivity index (χ0n) is 19.5. The van der Waals surface area contributed by atoms with Crippen LogP contribution in [0.25, 0.3) is 0 Å². The van der Waals surface area contributed by atoms with Crippen molar-refractivity contribution in [3.8, 4) is 0 Å². The number of anilines is 1. The molecular weight excluding hydrogens is 453 g/mol. The van der Waals surface area contributed by atoms with Gasteiger partial charge in [0.2, 0.25) is 11.8 Å². The second-order valence-electron chi connectivity index (χ2n) is 8.47. The van der Waals surface area contributed by atoms with Gasteiger partial charge in [0.25, 0.3) is 0 Å². The monoisotopic (exact) mass is 482 g/mol. The van der Waals surface area contributed by atoms with E-state index in [4.69, 9.17) is 0 Å². The quantitative estimate of drug-likeness (QED) is 0.534. The van der Waals surface area contributed by atoms with Crippen molar-refractivity contribution in [2.45, 2.75) is 51.9 Å². The van der Waals surface area contributed by atoms with Gasteiger partial charge in [-0.25, -0.2) is 9.03 Å². The van der Waals surface area contributed by atoms with Crippen LogP contribution < -0.4 is 14.3 Å². The van der Waals surface area contributed by atoms with Crippen molar-refractivity contribution in [3.63, 3.8) is 0 Å². The Labute approximate surface area is 216 Å². The van der Waals surface area contributed by atoms with Crippen molar-refractivity contribution in [1.29, 1.82) is 0 Å². The Morgan fingerprint density at radius 1 is 1.12 bits per heavy atom. The van der Waals surface area contributed by atoms with Crippen LogP contribution in [0.3, 0.4) is 0 Å². The van der Waals surface area contributed by atoms with E-state index in [-0.39, 0.29) is 55.0 Å². The minimum absolute atomic E-state index is 0. The standard InChI is InChI=1S/C22H29N5O4S.Na/c1-15(28)23-9-10-27(18-13-24-26(2)14-18)32(30,31)25-22(29)12-21-19-7-3-5-16(19)11-17-6-4-8-20(17)21;/h11,13-14H,3-10,12H2,1-2H3,(H,23,28)(H,25,29);. The summed E-state index contributed by atoms with van der Waals surface area (Å²) in [6.45, 7) is 1.45. The Kier molecular flexibility index (Phi) is 8.26. The summed E-state index contributed by atoms with van der Waals surface area (Å²) in [5, 5.41) is 6.62. The number of nitrogens with zero attached hydrogens (tertiary/aromatic N) is 3. The Balaban J connectivity index is 0.00000306. The van der Waals surface area contributed by atoms with Crippen molar-refractivity contribution < 1.29 is 18.0 Å². The van der Waals surface area contributed by atoms with E-state index in [0.717, 1.165) is 48.4 Å². The Morgan fingerprint density at radius 2 is 1.76 bits per heavy atom. The molecule has 9 nitrogen and oxygen atoms in total. The van der Waals surface area contributed by atoms with Gasteiger partial charge in [-0.15, -0.1) is 0 Å². The van der Waals surface area contributed by atoms with Gasteiger partial charge in [0.15, 0.2) is 0 Å². The maximum atomic E-state index is 13.1. The number of benzene rings is 1. The summed E-state index contributed by atoms with van der Waals surface area (Å²) in [7, 11) is -2.50. The predicted molar refractivity (Wildman–Crippen MR) is 126 cm³/mol. The Hall–Kier alpha value is -1.88. The molecule has 0 aliphatic heterocycles. The van der Waals surface area contributed by atoms with Crippen LogP contribution >= 0.6 is 0 Å². The maximum absolute atomic E-state index is 13.1. The maximum Gasteiger partial charge on any atom is 0.326 e. The first-order valence-electron chi connectivity index (χ1n) is 11.0. The van der Waals surface area contributed by atoms with Crippen molar-refractivity contribution in [2.75, 3.05) is 17.4 Å². The fraction of sp³-hybridized carbons (Fsp3) is 0.500. The number of carbonyl (C=O) groups excluding carboxylic acids is 2. The summed E-state index contributed by atoms with van der Waals surface area (Å²) in [6, 6.07) is 2.29. The molecule has 2 aliphatic carbocycles. The van der Waals surface area contributed by atoms with Crippen LogP contribution in [0.2, 0.25) is 0 Å². The number of carbonyl (C=O) groups is 2. The zero-order valence-corrected chi connectivity index (χ0v) is 22.3. The molecule has 2 N–H and O–H groups in total. The first-order valence-corrected chi connectivity index (χ1v) is 12.4. The molecule has 11 heteroatoms. The van der Waals surface area contributed by atoms with Crippen LogP contribution in [0.4, 0.5) is 5.69 Å². The molecule has 2 amide bonds. The van der Waals surface area contributed by atoms with E-state index in [1.54, 1.807) is 13.2 Å². The fourth-order valence-corrected chi connectivity index (χ4v) is 5.98. The Morgan fingerprint density at radius 3 is 2.30 bits per heavy atom. The van der Waals surface area contributed by atoms with Crippen molar-refractivity contribution >= 4 is 57.3 Å². The van der Waals surface area contributed by atoms with Gasteiger partial charge in [-0.05, 0) is 66.3 Å². The van der Waals surface area contributed by atoms with Crippen LogP contribution in [-0.4, -0.2) is 72.7 Å². The predicted octanol–water partition coefficient (Wildman–Crippen LogP) is 0.563. The summed E-state index contributed by atoms with van der Waals surface area (Å²) in [6.07, 6.45) is 9.08. The van der Waals surface area contributed by atoms with E-state index >= 15 is 0 Å². The van der Waals surface area contributed by atoms with E-state index in [2.05, 4.69) is 21.2 Å². The molecule has 2 aromatic rings. The Bertz CT molecular complexity index is 1130. The molecule has 33 heavy (non-hydrogen) atoms. The molecule has 0 fully saturated rings. The largest absolute Gasteiger partial charge is 0.355 e. The first kappa shape index (κ1) is 25.7. The third kappa shape index (κ3) is 5.79. The van der Waals surface area contributed by atoms with E-state index in [1.807, 2.05) is 0 Å². The van der Waals surface area contributed by atoms with E-state index < -0.39 is 16.1 Å². The molecule has 0 saturated heterocycles. The molecule has 4 rings (SSSR count). The fourth-order valence-electron chi connectivity index (χ4n) is 4.80. The molecule has 173 valence electrons. The number of aromatic nitrogens is 2. The van der Waals surface area contributed by atoms with Crippen LogP contribution in [0, 0.1) is 0 Å². The molecule has 2 aliphatic rings. The zero-order chi connectivity index (χ0) is 22.9. The number of rotatable bonds is 8. The minimum atomic E-state index is -4.18. The van der Waals surface area contributed by atoms with E-state index in [9.17, 15) is 18.0 Å². The summed E-state index contributed by atoms with van der Waals surface area (Å²) < 4.78 is 31.0. The molecule has 0 saturated carbocycles. The summed E-state index contributed by atoms with van der Waals surface area (Å²) in [4.78, 5) is 24.2. The number of fused-ring (bicyclic) bond motifs is 2. The van der Waals surface area contributed by atoms with Gasteiger partial charge >= 0.3 is 10.2 Å². The molecule has 0 unspecified atom stereocenters. The van der Waals surface area contributed by atoms with Crippen LogP contribution in [0.15, 0.2) is 18.5 Å². The first-order chi connectivity index (χ1) is 15.2. The molecule has 1 heterocycles. The molecule has 0 bridgehead atoms. The van der Waals surface area contributed by atoms with Gasteiger partial charge in [0.05, 0.1) is 24.8 Å². The van der Waals surface area contributed by atoms with Gasteiger partial charge in [0, 0.05) is 56.3 Å². The van der Waals surface area contributed by atoms with Gasteiger partial charge in [0.1, 0.15) is 0 Å². The molecular formula is C22H29N5NaO4S. The van der Waals surface area contributed by atoms with Crippen molar-refractivity contribution in [1.82, 2.24) is 19.8 Å². The molecule has 1 aromatic carbocycles. The second-order valence-corrected chi connectivity index (χ2v) is 10.1. The van der Waals surface area contributed by atoms with Gasteiger partial charge in [-0.1, -0.05) is 6.07 Å². The average Bonchev–Trinajstić information content (AvgIpc) is 3.44. The van der Waals surface area contributed by atoms with Crippen LogP contribution in [0.1, 0.15) is 47.6 Å². The SMILES string of the molecule is CC(=O)NCCN(c1cnn(C)c1)S(=O)(=O)NC(=O)Cc1c2c(cc3c1CCC3)CCC2.[Na]. The van der Waals surface area contributed by atoms with Crippen LogP contribution in [0.5, 0.6) is 0 Å². The third-order valence-corrected chi connectivity index (χ3v) is 7.60. The van der Waals surface area contributed by atoms with Gasteiger partial charge in [-0.3, -0.25) is 14.3 Å². The molecule has 0 atom stereocenters. The van der Waals surface area contributed by atoms with Crippen LogP contribution in [-0.2, 0) is 59.0 Å². The third-order valence-electron chi connectivity index (χ3n) is 6.14.